The molecule has 0 saturated carbocycles. The summed E-state index contributed by atoms with van der Waals surface area (Å²) >= 11 is 0. The minimum Gasteiger partial charge on any atom is -0.465 e. The number of likely N-dealkylation sites (tertiary alicyclic amines) is 2. The maximum atomic E-state index is 13.8. The number of hydrogen-bond donors (Lipinski definition) is 4. The molecule has 0 bridgehead atoms. The first-order chi connectivity index (χ1) is 32.4. The number of aromatic nitrogens is 5. The number of imidazole rings is 2. The fourth-order valence-electron chi connectivity index (χ4n) is 9.67. The number of rotatable bonds is 11. The van der Waals surface area contributed by atoms with Gasteiger partial charge < -0.3 is 49.2 Å². The van der Waals surface area contributed by atoms with Gasteiger partial charge in [0.1, 0.15) is 29.5 Å². The topological polar surface area (TPSA) is 213 Å². The summed E-state index contributed by atoms with van der Waals surface area (Å²) in [5.74, 6) is 1.38. The van der Waals surface area contributed by atoms with E-state index in [0.717, 1.165) is 75.9 Å². The second kappa shape index (κ2) is 18.3. The average Bonchev–Trinajstić information content (AvgIpc) is 4.20. The highest BCUT2D eigenvalue weighted by molar-refractivity contribution is 5.93. The molecule has 6 aromatic rings. The molecule has 6 heterocycles. The van der Waals surface area contributed by atoms with Crippen molar-refractivity contribution in [3.05, 3.63) is 102 Å². The van der Waals surface area contributed by atoms with Crippen LogP contribution in [0.2, 0.25) is 0 Å². The smallest absolute Gasteiger partial charge is 0.407 e. The number of carbonyl (C=O) groups excluding carboxylic acids is 4. The Labute approximate surface area is 387 Å². The minimum absolute atomic E-state index is 0.142. The zero-order valence-electron chi connectivity index (χ0n) is 38.3. The van der Waals surface area contributed by atoms with Gasteiger partial charge in [0.2, 0.25) is 18.0 Å². The first-order valence-corrected chi connectivity index (χ1v) is 22.7. The molecular weight excluding hydrogens is 853 g/mol. The molecule has 2 fully saturated rings. The number of hydrogen-bond acceptors (Lipinski definition) is 10. The number of alkyl carbamates (subject to hydrolysis) is 2. The number of ether oxygens (including phenoxy) is 3. The van der Waals surface area contributed by atoms with Crippen LogP contribution >= 0.6 is 0 Å². The molecule has 5 atom stereocenters. The average molecular weight is 907 g/mol. The van der Waals surface area contributed by atoms with Crippen molar-refractivity contribution in [1.82, 2.24) is 44.9 Å². The van der Waals surface area contributed by atoms with Crippen molar-refractivity contribution in [1.29, 1.82) is 5.26 Å². The van der Waals surface area contributed by atoms with Crippen LogP contribution in [0.5, 0.6) is 5.75 Å². The van der Waals surface area contributed by atoms with Crippen LogP contribution in [0, 0.1) is 23.2 Å². The largest absolute Gasteiger partial charge is 0.465 e. The van der Waals surface area contributed by atoms with E-state index >= 15 is 0 Å². The normalized spacial score (nSPS) is 18.5. The number of H-pyrrole nitrogens is 2. The third-order valence-corrected chi connectivity index (χ3v) is 13.2. The summed E-state index contributed by atoms with van der Waals surface area (Å²) in [5, 5.41) is 16.0. The molecule has 0 spiro atoms. The predicted molar refractivity (Wildman–Crippen MR) is 248 cm³/mol. The lowest BCUT2D eigenvalue weighted by Crippen LogP contribution is -2.51. The highest BCUT2D eigenvalue weighted by Crippen LogP contribution is 2.46. The van der Waals surface area contributed by atoms with Gasteiger partial charge in [0, 0.05) is 40.7 Å². The summed E-state index contributed by atoms with van der Waals surface area (Å²) < 4.78 is 18.7. The summed E-state index contributed by atoms with van der Waals surface area (Å²) in [6.45, 7) is 8.67. The maximum absolute atomic E-state index is 13.8. The number of nitriles is 1. The van der Waals surface area contributed by atoms with Crippen molar-refractivity contribution in [2.24, 2.45) is 11.8 Å². The molecule has 9 rings (SSSR count). The number of nitrogens with zero attached hydrogens (tertiary/aromatic N) is 6. The van der Waals surface area contributed by atoms with Gasteiger partial charge in [-0.25, -0.2) is 19.6 Å². The molecule has 3 aromatic heterocycles. The van der Waals surface area contributed by atoms with E-state index in [-0.39, 0.29) is 35.7 Å². The first kappa shape index (κ1) is 44.6. The number of aromatic amines is 2. The Morgan fingerprint density at radius 2 is 1.28 bits per heavy atom. The van der Waals surface area contributed by atoms with Crippen LogP contribution in [0.15, 0.2) is 79.1 Å². The Morgan fingerprint density at radius 1 is 0.746 bits per heavy atom. The molecule has 0 radical (unpaired) electrons. The lowest BCUT2D eigenvalue weighted by molar-refractivity contribution is -0.136. The van der Waals surface area contributed by atoms with Gasteiger partial charge in [0.05, 0.1) is 72.9 Å². The Kier molecular flexibility index (Phi) is 12.2. The van der Waals surface area contributed by atoms with E-state index < -0.39 is 30.5 Å². The molecular formula is C50H54N10O7. The number of amides is 4. The summed E-state index contributed by atoms with van der Waals surface area (Å²) in [7, 11) is 2.56. The Hall–Kier alpha value is -7.61. The first-order valence-electron chi connectivity index (χ1n) is 22.7. The van der Waals surface area contributed by atoms with Crippen LogP contribution in [0.3, 0.4) is 0 Å². The van der Waals surface area contributed by atoms with Gasteiger partial charge in [-0.3, -0.25) is 9.59 Å². The molecule has 346 valence electrons. The van der Waals surface area contributed by atoms with Crippen LogP contribution < -0.4 is 15.4 Å². The molecule has 17 nitrogen and oxygen atoms in total. The van der Waals surface area contributed by atoms with Crippen molar-refractivity contribution < 1.29 is 33.4 Å². The minimum atomic E-state index is -0.737. The summed E-state index contributed by atoms with van der Waals surface area (Å²) in [6, 6.07) is 22.1. The van der Waals surface area contributed by atoms with E-state index in [4.69, 9.17) is 24.2 Å². The van der Waals surface area contributed by atoms with Crippen molar-refractivity contribution >= 4 is 34.9 Å². The lowest BCUT2D eigenvalue weighted by Gasteiger charge is -2.30. The van der Waals surface area contributed by atoms with Gasteiger partial charge in [0.25, 0.3) is 0 Å². The number of fused-ring (bicyclic) bond motifs is 5. The molecule has 0 aliphatic carbocycles. The summed E-state index contributed by atoms with van der Waals surface area (Å²) in [6.07, 6.45) is 4.80. The van der Waals surface area contributed by atoms with Crippen molar-refractivity contribution in [3.63, 3.8) is 0 Å². The monoisotopic (exact) mass is 906 g/mol. The van der Waals surface area contributed by atoms with Crippen LogP contribution in [-0.2, 0) is 19.1 Å². The van der Waals surface area contributed by atoms with E-state index in [2.05, 4.69) is 49.4 Å². The highest BCUT2D eigenvalue weighted by atomic mass is 16.5. The van der Waals surface area contributed by atoms with Gasteiger partial charge in [-0.2, -0.15) is 5.26 Å². The number of carbonyl (C=O) groups is 4. The van der Waals surface area contributed by atoms with Crippen LogP contribution in [0.4, 0.5) is 9.59 Å². The van der Waals surface area contributed by atoms with Crippen LogP contribution in [0.1, 0.15) is 94.5 Å². The zero-order valence-corrected chi connectivity index (χ0v) is 38.3. The quantitative estimate of drug-likeness (QED) is 0.0984. The molecule has 4 amide bonds. The van der Waals surface area contributed by atoms with E-state index in [9.17, 15) is 24.4 Å². The molecule has 3 aromatic carbocycles. The zero-order chi connectivity index (χ0) is 47.1. The Bertz CT molecular complexity index is 2890. The van der Waals surface area contributed by atoms with E-state index in [1.165, 1.54) is 14.2 Å². The van der Waals surface area contributed by atoms with E-state index in [0.29, 0.717) is 36.1 Å². The molecule has 4 N–H and O–H groups in total. The fraction of sp³-hybridized carbons (Fsp3) is 0.380. The third kappa shape index (κ3) is 8.43. The second-order valence-corrected chi connectivity index (χ2v) is 18.0. The van der Waals surface area contributed by atoms with Gasteiger partial charge in [0.15, 0.2) is 0 Å². The molecule has 2 saturated heterocycles. The Morgan fingerprint density at radius 3 is 1.81 bits per heavy atom. The maximum Gasteiger partial charge on any atom is 0.407 e. The number of methoxy groups -OCH3 is 2. The summed E-state index contributed by atoms with van der Waals surface area (Å²) in [5.41, 5.74) is 7.54. The van der Waals surface area contributed by atoms with E-state index in [1.807, 2.05) is 64.1 Å². The number of benzene rings is 3. The second-order valence-electron chi connectivity index (χ2n) is 18.0. The van der Waals surface area contributed by atoms with Crippen LogP contribution in [-0.4, -0.2) is 97.7 Å². The van der Waals surface area contributed by atoms with Gasteiger partial charge in [-0.05, 0) is 80.0 Å². The lowest BCUT2D eigenvalue weighted by atomic mass is 10.0. The molecule has 1 unspecified atom stereocenters. The van der Waals surface area contributed by atoms with Crippen molar-refractivity contribution in [3.8, 4) is 45.6 Å². The SMILES string of the molecule is COC(=O)N[C@H](C(=O)N1CCC[C@H]1c1ncc(-c2ccc3c(c2)OC(c2ccc(C#N)cc2)n2c-3cc3cc(-c4cnc([C@@H]5CCCN5C(=O)[C@@H](NC(=O)OC)C(C)C)[nH]4)ccc32)[nH]1)C(C)C. The fourth-order valence-corrected chi connectivity index (χ4v) is 9.67. The standard InChI is InChI=1S/C50H54N10O7/c1-27(2)42(56-49(63)65-5)46(61)58-19-7-9-38(58)44-52-25-35(54-44)31-16-18-37-33(21-31)22-40-34-17-15-32(23-41(34)67-48(60(37)40)30-13-11-29(24-51)12-14-30)36-26-53-45(55-36)39-10-8-20-59(39)47(62)43(28(3)4)57-50(64)66-6/h11-18,21-23,25-28,38-39,42-43,48H,7-10,19-20H2,1-6H3,(H,52,54)(H,53,55)(H,56,63)(H,57,64)/t38-,39-,42-,43-,48?/m0/s1. The molecule has 3 aliphatic heterocycles. The van der Waals surface area contributed by atoms with Gasteiger partial charge in [-0.15, -0.1) is 0 Å². The summed E-state index contributed by atoms with van der Waals surface area (Å²) in [4.78, 5) is 71.9. The molecule has 3 aliphatic rings. The van der Waals surface area contributed by atoms with Crippen LogP contribution in [0.25, 0.3) is 44.7 Å². The third-order valence-electron chi connectivity index (χ3n) is 13.2. The van der Waals surface area contributed by atoms with Crippen molar-refractivity contribution in [2.75, 3.05) is 27.3 Å². The Balaban J connectivity index is 1.02. The number of nitrogens with one attached hydrogen (secondary N) is 4. The predicted octanol–water partition coefficient (Wildman–Crippen LogP) is 7.99. The van der Waals surface area contributed by atoms with Crippen molar-refractivity contribution in [2.45, 2.75) is 83.8 Å². The van der Waals surface area contributed by atoms with Gasteiger partial charge in [-0.1, -0.05) is 52.0 Å². The van der Waals surface area contributed by atoms with E-state index in [1.54, 1.807) is 34.3 Å². The van der Waals surface area contributed by atoms with Gasteiger partial charge >= 0.3 is 12.2 Å². The molecule has 67 heavy (non-hydrogen) atoms. The molecule has 17 heteroatoms. The highest BCUT2D eigenvalue weighted by Gasteiger charge is 2.39.